The molecule has 280 valence electrons. The van der Waals surface area contributed by atoms with Crippen LogP contribution in [0.5, 0.6) is 0 Å². The molecule has 4 aromatic rings. The minimum absolute atomic E-state index is 0.109. The van der Waals surface area contributed by atoms with Gasteiger partial charge in [0, 0.05) is 92.6 Å². The van der Waals surface area contributed by atoms with E-state index >= 15 is 4.39 Å². The van der Waals surface area contributed by atoms with Crippen LogP contribution in [0.4, 0.5) is 20.6 Å². The van der Waals surface area contributed by atoms with Gasteiger partial charge in [-0.1, -0.05) is 0 Å². The molecule has 0 radical (unpaired) electrons. The average Bonchev–Trinajstić information content (AvgIpc) is 4.07. The van der Waals surface area contributed by atoms with Crippen LogP contribution in [0.1, 0.15) is 87.9 Å². The van der Waals surface area contributed by atoms with E-state index in [0.29, 0.717) is 49.4 Å². The van der Waals surface area contributed by atoms with Crippen LogP contribution in [0.2, 0.25) is 0 Å². The van der Waals surface area contributed by atoms with Crippen LogP contribution < -0.4 is 15.2 Å². The number of piperazine rings is 1. The maximum atomic E-state index is 16.3. The highest BCUT2D eigenvalue weighted by atomic mass is 19.1. The maximum absolute atomic E-state index is 16.3. The predicted octanol–water partition coefficient (Wildman–Crippen LogP) is 7.14. The van der Waals surface area contributed by atoms with Gasteiger partial charge in [0.05, 0.1) is 28.6 Å². The Bertz CT molecular complexity index is 2070. The van der Waals surface area contributed by atoms with Crippen molar-refractivity contribution < 1.29 is 13.9 Å². The Morgan fingerprint density at radius 1 is 0.981 bits per heavy atom. The summed E-state index contributed by atoms with van der Waals surface area (Å²) < 4.78 is 24.3. The second-order valence-electron chi connectivity index (χ2n) is 16.8. The number of nitrogens with zero attached hydrogens (tertiary/aromatic N) is 7. The highest BCUT2D eigenvalue weighted by Gasteiger charge is 2.54. The fourth-order valence-electron chi connectivity index (χ4n) is 8.39. The number of ether oxygens (including phenoxy) is 1. The van der Waals surface area contributed by atoms with Gasteiger partial charge in [0.25, 0.3) is 0 Å². The van der Waals surface area contributed by atoms with Crippen LogP contribution in [-0.2, 0) is 17.8 Å². The first-order chi connectivity index (χ1) is 25.4. The zero-order valence-electron chi connectivity index (χ0n) is 31.8. The molecule has 11 heteroatoms. The number of halogens is 1. The number of amides is 1. The number of carbonyl (C=O) groups is 1. The monoisotopic (exact) mass is 721 g/mol. The van der Waals surface area contributed by atoms with Crippen molar-refractivity contribution in [1.82, 2.24) is 24.3 Å². The molecule has 4 fully saturated rings. The van der Waals surface area contributed by atoms with Crippen molar-refractivity contribution in [3.05, 3.63) is 93.5 Å². The van der Waals surface area contributed by atoms with Crippen LogP contribution in [0.3, 0.4) is 0 Å². The molecule has 2 aliphatic heterocycles. The number of aromatic nitrogens is 3. The van der Waals surface area contributed by atoms with E-state index < -0.39 is 11.4 Å². The van der Waals surface area contributed by atoms with Gasteiger partial charge in [0.1, 0.15) is 11.4 Å². The van der Waals surface area contributed by atoms with E-state index in [1.165, 1.54) is 6.07 Å². The number of fused-ring (bicyclic) bond motifs is 1. The fourth-order valence-corrected chi connectivity index (χ4v) is 8.39. The lowest BCUT2D eigenvalue weighted by molar-refractivity contribution is 0.0106. The molecule has 3 aromatic heterocycles. The van der Waals surface area contributed by atoms with Gasteiger partial charge >= 0.3 is 6.09 Å². The lowest BCUT2D eigenvalue weighted by atomic mass is 10.0. The molecule has 53 heavy (non-hydrogen) atoms. The highest BCUT2D eigenvalue weighted by Crippen LogP contribution is 2.46. The topological polar surface area (TPSA) is 87.0 Å². The maximum Gasteiger partial charge on any atom is 0.410 e. The minimum atomic E-state index is -0.578. The number of hydrogen-bond donors (Lipinski definition) is 0. The van der Waals surface area contributed by atoms with Crippen LogP contribution in [0.25, 0.3) is 10.9 Å². The first-order valence-electron chi connectivity index (χ1n) is 19.3. The van der Waals surface area contributed by atoms with E-state index in [9.17, 15) is 9.59 Å². The van der Waals surface area contributed by atoms with Gasteiger partial charge in [0.15, 0.2) is 5.43 Å². The number of anilines is 2. The number of hydrogen-bond acceptors (Lipinski definition) is 8. The van der Waals surface area contributed by atoms with Gasteiger partial charge in [-0.15, -0.1) is 0 Å². The molecule has 0 N–H and O–H groups in total. The van der Waals surface area contributed by atoms with Gasteiger partial charge in [0.2, 0.25) is 0 Å². The number of aryl methyl sites for hydroxylation is 2. The Balaban J connectivity index is 1.10. The Morgan fingerprint density at radius 3 is 2.49 bits per heavy atom. The van der Waals surface area contributed by atoms with Crippen molar-refractivity contribution in [1.29, 1.82) is 0 Å². The predicted molar refractivity (Wildman–Crippen MR) is 206 cm³/mol. The summed E-state index contributed by atoms with van der Waals surface area (Å²) in [6.07, 6.45) is 11.4. The lowest BCUT2D eigenvalue weighted by Crippen LogP contribution is -2.58. The molecule has 2 aliphatic carbocycles. The number of carbonyl (C=O) groups excluding carboxylic acids is 1. The zero-order chi connectivity index (χ0) is 37.1. The summed E-state index contributed by atoms with van der Waals surface area (Å²) in [5.74, 6) is -0.394. The fraction of sp³-hybridized carbons (Fsp3) is 0.524. The smallest absolute Gasteiger partial charge is 0.410 e. The molecule has 2 saturated carbocycles. The number of rotatable bonds is 8. The molecule has 1 aromatic carbocycles. The SMILES string of the molecule is Cc1ccc(N2CCC[C@H](N(Cc3ccnc(C)c3)Cc3cn(C4CC4)c4cc(N5CCN(C(=O)OC(C)(C)C)C6(CC6)C5)c(F)cc4c3=O)C2)cn1. The molecule has 2 saturated heterocycles. The van der Waals surface area contributed by atoms with Gasteiger partial charge in [-0.2, -0.15) is 0 Å². The van der Waals surface area contributed by atoms with Crippen molar-refractivity contribution in [2.75, 3.05) is 42.5 Å². The standard InChI is InChI=1S/C42H52FN7O3/c1-28-8-9-33(22-45-28)46-16-6-7-34(26-46)48(23-30-12-15-44-29(2)19-30)24-31-25-49(32-10-11-32)37-21-38(36(43)20-35(37)39(31)51)47-17-18-50(42(27-47)13-14-42)40(52)53-41(3,4)5/h8-9,12,15,19-22,25,32,34H,6-7,10-11,13-14,16-18,23-24,26-27H2,1-5H3/t34-/m0/s1. The van der Waals surface area contributed by atoms with Gasteiger partial charge in [-0.3, -0.25) is 24.6 Å². The zero-order valence-corrected chi connectivity index (χ0v) is 31.8. The van der Waals surface area contributed by atoms with Crippen molar-refractivity contribution in [2.24, 2.45) is 0 Å². The van der Waals surface area contributed by atoms with Crippen molar-refractivity contribution in [3.63, 3.8) is 0 Å². The van der Waals surface area contributed by atoms with Crippen LogP contribution in [0, 0.1) is 19.7 Å². The summed E-state index contributed by atoms with van der Waals surface area (Å²) >= 11 is 0. The van der Waals surface area contributed by atoms with Crippen LogP contribution in [-0.4, -0.2) is 80.3 Å². The summed E-state index contributed by atoms with van der Waals surface area (Å²) in [6, 6.07) is 12.2. The molecule has 8 rings (SSSR count). The summed E-state index contributed by atoms with van der Waals surface area (Å²) in [4.78, 5) is 45.3. The third-order valence-electron chi connectivity index (χ3n) is 11.4. The largest absolute Gasteiger partial charge is 0.444 e. The average molecular weight is 722 g/mol. The highest BCUT2D eigenvalue weighted by molar-refractivity contribution is 5.84. The van der Waals surface area contributed by atoms with Gasteiger partial charge < -0.3 is 19.1 Å². The molecule has 0 bridgehead atoms. The molecule has 0 unspecified atom stereocenters. The molecule has 1 spiro atoms. The Kier molecular flexibility index (Phi) is 9.19. The third-order valence-corrected chi connectivity index (χ3v) is 11.4. The van der Waals surface area contributed by atoms with E-state index in [4.69, 9.17) is 4.74 Å². The summed E-state index contributed by atoms with van der Waals surface area (Å²) in [5.41, 5.74) is 5.18. The molecule has 10 nitrogen and oxygen atoms in total. The molecular formula is C42H52FN7O3. The summed E-state index contributed by atoms with van der Waals surface area (Å²) in [6.45, 7) is 14.1. The Morgan fingerprint density at radius 2 is 1.79 bits per heavy atom. The molecule has 1 atom stereocenters. The van der Waals surface area contributed by atoms with Gasteiger partial charge in [-0.25, -0.2) is 9.18 Å². The number of benzene rings is 1. The van der Waals surface area contributed by atoms with E-state index in [1.807, 2.05) is 58.0 Å². The van der Waals surface area contributed by atoms with Crippen LogP contribution in [0.15, 0.2) is 59.8 Å². The second-order valence-corrected chi connectivity index (χ2v) is 16.8. The normalized spacial score (nSPS) is 20.1. The Labute approximate surface area is 311 Å². The van der Waals surface area contributed by atoms with Gasteiger partial charge in [-0.05, 0) is 115 Å². The first kappa shape index (κ1) is 35.5. The first-order valence-corrected chi connectivity index (χ1v) is 19.3. The Hall–Kier alpha value is -4.51. The third kappa shape index (κ3) is 7.50. The summed E-state index contributed by atoms with van der Waals surface area (Å²) in [5, 5.41) is 0.430. The van der Waals surface area contributed by atoms with E-state index in [-0.39, 0.29) is 29.1 Å². The van der Waals surface area contributed by atoms with Crippen molar-refractivity contribution >= 4 is 28.4 Å². The van der Waals surface area contributed by atoms with E-state index in [0.717, 1.165) is 79.8 Å². The molecule has 1 amide bonds. The molecule has 5 heterocycles. The van der Waals surface area contributed by atoms with E-state index in [1.54, 1.807) is 0 Å². The lowest BCUT2D eigenvalue weighted by Gasteiger charge is -2.43. The van der Waals surface area contributed by atoms with Crippen molar-refractivity contribution in [3.8, 4) is 0 Å². The number of pyridine rings is 3. The number of piperidine rings is 1. The van der Waals surface area contributed by atoms with E-state index in [2.05, 4.69) is 59.7 Å². The second kappa shape index (κ2) is 13.7. The molecular weight excluding hydrogens is 670 g/mol. The van der Waals surface area contributed by atoms with Crippen molar-refractivity contribution in [2.45, 2.75) is 109 Å². The minimum Gasteiger partial charge on any atom is -0.444 e. The quantitative estimate of drug-likeness (QED) is 0.190. The molecule has 4 aliphatic rings. The van der Waals surface area contributed by atoms with Crippen LogP contribution >= 0.6 is 0 Å². The summed E-state index contributed by atoms with van der Waals surface area (Å²) in [7, 11) is 0.